The van der Waals surface area contributed by atoms with Gasteiger partial charge in [0.1, 0.15) is 5.78 Å². The third-order valence-corrected chi connectivity index (χ3v) is 4.46. The molecule has 0 amide bonds. The summed E-state index contributed by atoms with van der Waals surface area (Å²) in [7, 11) is 1.76. The Bertz CT molecular complexity index is 232. The third kappa shape index (κ3) is 2.85. The fourth-order valence-corrected chi connectivity index (χ4v) is 3.17. The number of ether oxygens (including phenoxy) is 1. The lowest BCUT2D eigenvalue weighted by atomic mass is 9.75. The van der Waals surface area contributed by atoms with Crippen molar-refractivity contribution in [3.8, 4) is 0 Å². The minimum Gasteiger partial charge on any atom is -0.378 e. The second-order valence-electron chi connectivity index (χ2n) is 5.66. The van der Waals surface area contributed by atoms with Crippen LogP contribution >= 0.6 is 0 Å². The van der Waals surface area contributed by atoms with E-state index in [1.165, 1.54) is 38.5 Å². The van der Waals surface area contributed by atoms with Gasteiger partial charge in [-0.1, -0.05) is 32.1 Å². The van der Waals surface area contributed by atoms with E-state index in [0.717, 1.165) is 19.3 Å². The lowest BCUT2D eigenvalue weighted by Gasteiger charge is -2.40. The molecule has 0 aromatic rings. The van der Waals surface area contributed by atoms with Crippen molar-refractivity contribution in [3.63, 3.8) is 0 Å². The highest BCUT2D eigenvalue weighted by atomic mass is 16.5. The van der Waals surface area contributed by atoms with Crippen LogP contribution in [0, 0.1) is 5.92 Å². The molecule has 0 aromatic carbocycles. The van der Waals surface area contributed by atoms with Crippen molar-refractivity contribution in [3.05, 3.63) is 0 Å². The Hall–Kier alpha value is -0.370. The molecule has 2 rings (SSSR count). The second kappa shape index (κ2) is 5.31. The molecule has 0 atom stereocenters. The van der Waals surface area contributed by atoms with E-state index in [2.05, 4.69) is 0 Å². The molecule has 2 fully saturated rings. The van der Waals surface area contributed by atoms with Gasteiger partial charge in [0.2, 0.25) is 0 Å². The number of hydrogen-bond acceptors (Lipinski definition) is 2. The molecule has 2 saturated carbocycles. The van der Waals surface area contributed by atoms with Crippen molar-refractivity contribution >= 4 is 5.78 Å². The highest BCUT2D eigenvalue weighted by Gasteiger charge is 2.39. The first-order valence-corrected chi connectivity index (χ1v) is 6.81. The number of methoxy groups -OCH3 is 1. The monoisotopic (exact) mass is 224 g/mol. The average Bonchev–Trinajstić information content (AvgIpc) is 2.25. The van der Waals surface area contributed by atoms with Crippen molar-refractivity contribution in [2.45, 2.75) is 69.8 Å². The smallest absolute Gasteiger partial charge is 0.136 e. The van der Waals surface area contributed by atoms with Gasteiger partial charge >= 0.3 is 0 Å². The van der Waals surface area contributed by atoms with Crippen molar-refractivity contribution in [1.82, 2.24) is 0 Å². The van der Waals surface area contributed by atoms with E-state index in [9.17, 15) is 4.79 Å². The molecule has 0 heterocycles. The molecular weight excluding hydrogens is 200 g/mol. The van der Waals surface area contributed by atoms with E-state index < -0.39 is 0 Å². The Labute approximate surface area is 98.7 Å². The molecule has 0 saturated heterocycles. The van der Waals surface area contributed by atoms with Gasteiger partial charge in [0.15, 0.2) is 0 Å². The Morgan fingerprint density at radius 2 is 1.88 bits per heavy atom. The van der Waals surface area contributed by atoms with Crippen LogP contribution in [0.4, 0.5) is 0 Å². The lowest BCUT2D eigenvalue weighted by Crippen LogP contribution is -2.41. The summed E-state index contributed by atoms with van der Waals surface area (Å²) in [4.78, 5) is 12.0. The summed E-state index contributed by atoms with van der Waals surface area (Å²) in [5, 5.41) is 0. The van der Waals surface area contributed by atoms with Gasteiger partial charge in [0.05, 0.1) is 5.60 Å². The molecule has 0 radical (unpaired) electrons. The van der Waals surface area contributed by atoms with Gasteiger partial charge in [0.25, 0.3) is 0 Å². The quantitative estimate of drug-likeness (QED) is 0.714. The van der Waals surface area contributed by atoms with E-state index in [0.29, 0.717) is 18.1 Å². The predicted molar refractivity (Wildman–Crippen MR) is 64.4 cm³/mol. The van der Waals surface area contributed by atoms with Gasteiger partial charge < -0.3 is 4.74 Å². The Morgan fingerprint density at radius 3 is 2.38 bits per heavy atom. The Kier molecular flexibility index (Phi) is 4.01. The Balaban J connectivity index is 1.74. The molecule has 2 aliphatic carbocycles. The summed E-state index contributed by atoms with van der Waals surface area (Å²) in [5.74, 6) is 1.11. The molecule has 0 unspecified atom stereocenters. The zero-order valence-corrected chi connectivity index (χ0v) is 10.5. The van der Waals surface area contributed by atoms with Crippen LogP contribution in [0.2, 0.25) is 0 Å². The first kappa shape index (κ1) is 12.1. The lowest BCUT2D eigenvalue weighted by molar-refractivity contribution is -0.133. The number of Topliss-reactive ketones (excluding diaryl/α,β-unsaturated/α-hetero) is 1. The first-order valence-electron chi connectivity index (χ1n) is 6.81. The highest BCUT2D eigenvalue weighted by molar-refractivity contribution is 5.79. The summed E-state index contributed by atoms with van der Waals surface area (Å²) in [6.45, 7) is 0. The fourth-order valence-electron chi connectivity index (χ4n) is 3.17. The van der Waals surface area contributed by atoms with Gasteiger partial charge in [-0.25, -0.2) is 0 Å². The van der Waals surface area contributed by atoms with Crippen LogP contribution in [0.3, 0.4) is 0 Å². The number of hydrogen-bond donors (Lipinski definition) is 0. The Morgan fingerprint density at radius 1 is 1.19 bits per heavy atom. The zero-order valence-electron chi connectivity index (χ0n) is 10.5. The van der Waals surface area contributed by atoms with E-state index in [4.69, 9.17) is 4.74 Å². The summed E-state index contributed by atoms with van der Waals surface area (Å²) >= 11 is 0. The average molecular weight is 224 g/mol. The molecular formula is C14H24O2. The molecule has 0 aliphatic heterocycles. The maximum Gasteiger partial charge on any atom is 0.136 e. The predicted octanol–water partition coefficient (Wildman–Crippen LogP) is 3.49. The number of rotatable bonds is 5. The summed E-state index contributed by atoms with van der Waals surface area (Å²) < 4.78 is 5.51. The van der Waals surface area contributed by atoms with Gasteiger partial charge in [-0.15, -0.1) is 0 Å². The first-order chi connectivity index (χ1) is 7.74. The summed E-state index contributed by atoms with van der Waals surface area (Å²) in [6.07, 6.45) is 11.4. The topological polar surface area (TPSA) is 26.3 Å². The van der Waals surface area contributed by atoms with Crippen LogP contribution in [0.15, 0.2) is 0 Å². The largest absolute Gasteiger partial charge is 0.378 e. The minimum absolute atomic E-state index is 0.0637. The molecule has 92 valence electrons. The SMILES string of the molecule is COC1(CC(=O)CC2CCCCC2)CCC1. The molecule has 16 heavy (non-hydrogen) atoms. The number of ketones is 1. The molecule has 2 aliphatic rings. The van der Waals surface area contributed by atoms with Crippen molar-refractivity contribution < 1.29 is 9.53 Å². The molecule has 2 nitrogen and oxygen atoms in total. The summed E-state index contributed by atoms with van der Waals surface area (Å²) in [6, 6.07) is 0. The fraction of sp³-hybridized carbons (Fsp3) is 0.929. The van der Waals surface area contributed by atoms with E-state index in [1.54, 1.807) is 7.11 Å². The van der Waals surface area contributed by atoms with E-state index in [1.807, 2.05) is 0 Å². The maximum absolute atomic E-state index is 12.0. The van der Waals surface area contributed by atoms with Crippen LogP contribution < -0.4 is 0 Å². The summed E-state index contributed by atoms with van der Waals surface area (Å²) in [5.41, 5.74) is -0.0637. The van der Waals surface area contributed by atoms with Gasteiger partial charge in [-0.05, 0) is 25.2 Å². The molecule has 0 aromatic heterocycles. The van der Waals surface area contributed by atoms with Crippen LogP contribution in [0.5, 0.6) is 0 Å². The van der Waals surface area contributed by atoms with Gasteiger partial charge in [-0.3, -0.25) is 4.79 Å². The van der Waals surface area contributed by atoms with E-state index in [-0.39, 0.29) is 5.60 Å². The van der Waals surface area contributed by atoms with Crippen LogP contribution in [0.1, 0.15) is 64.2 Å². The van der Waals surface area contributed by atoms with Crippen LogP contribution in [-0.2, 0) is 9.53 Å². The molecule has 0 N–H and O–H groups in total. The molecule has 0 bridgehead atoms. The van der Waals surface area contributed by atoms with Gasteiger partial charge in [0, 0.05) is 20.0 Å². The standard InChI is InChI=1S/C14H24O2/c1-16-14(8-5-9-14)11-13(15)10-12-6-3-2-4-7-12/h12H,2-11H2,1H3. The van der Waals surface area contributed by atoms with Crippen molar-refractivity contribution in [2.75, 3.05) is 7.11 Å². The maximum atomic E-state index is 12.0. The van der Waals surface area contributed by atoms with Gasteiger partial charge in [-0.2, -0.15) is 0 Å². The van der Waals surface area contributed by atoms with Crippen molar-refractivity contribution in [1.29, 1.82) is 0 Å². The third-order valence-electron chi connectivity index (χ3n) is 4.46. The minimum atomic E-state index is -0.0637. The number of carbonyl (C=O) groups excluding carboxylic acids is 1. The highest BCUT2D eigenvalue weighted by Crippen LogP contribution is 2.39. The van der Waals surface area contributed by atoms with Crippen molar-refractivity contribution in [2.24, 2.45) is 5.92 Å². The molecule has 2 heteroatoms. The number of carbonyl (C=O) groups is 1. The van der Waals surface area contributed by atoms with E-state index >= 15 is 0 Å². The van der Waals surface area contributed by atoms with Crippen LogP contribution in [-0.4, -0.2) is 18.5 Å². The molecule has 0 spiro atoms. The zero-order chi connectivity index (χ0) is 11.4. The van der Waals surface area contributed by atoms with Crippen LogP contribution in [0.25, 0.3) is 0 Å². The second-order valence-corrected chi connectivity index (χ2v) is 5.66. The normalized spacial score (nSPS) is 25.1.